The van der Waals surface area contributed by atoms with Crippen LogP contribution in [0.5, 0.6) is 0 Å². The minimum absolute atomic E-state index is 0.785. The molecule has 0 radical (unpaired) electrons. The lowest BCUT2D eigenvalue weighted by Gasteiger charge is -2.26. The Labute approximate surface area is 141 Å². The highest BCUT2D eigenvalue weighted by molar-refractivity contribution is 7.15. The van der Waals surface area contributed by atoms with Crippen LogP contribution in [0.4, 0.5) is 0 Å². The number of hydrogen-bond acceptors (Lipinski definition) is 5. The number of imidazole rings is 1. The average Bonchev–Trinajstić information content (AvgIpc) is 3.15. The topological polar surface area (TPSA) is 55.8 Å². The number of rotatable bonds is 5. The van der Waals surface area contributed by atoms with Crippen molar-refractivity contribution in [3.05, 3.63) is 40.8 Å². The van der Waals surface area contributed by atoms with Gasteiger partial charge in [0.2, 0.25) is 0 Å². The largest absolute Gasteiger partial charge is 0.398 e. The number of fused-ring (bicyclic) bond motifs is 1. The zero-order chi connectivity index (χ0) is 16.2. The SMILES string of the molecule is C/C=C(N)\C(=C/CC)c1cn2c(CN3CCOCC3)csc2n1. The van der Waals surface area contributed by atoms with Crippen molar-refractivity contribution in [3.8, 4) is 0 Å². The van der Waals surface area contributed by atoms with Gasteiger partial charge < -0.3 is 10.5 Å². The molecule has 0 amide bonds. The summed E-state index contributed by atoms with van der Waals surface area (Å²) in [5, 5.41) is 2.20. The summed E-state index contributed by atoms with van der Waals surface area (Å²) in [6.45, 7) is 8.64. The third-order valence-electron chi connectivity index (χ3n) is 4.08. The first-order valence-corrected chi connectivity index (χ1v) is 8.99. The lowest BCUT2D eigenvalue weighted by Crippen LogP contribution is -2.35. The highest BCUT2D eigenvalue weighted by atomic mass is 32.1. The molecule has 0 aromatic carbocycles. The van der Waals surface area contributed by atoms with Crippen molar-refractivity contribution < 1.29 is 4.74 Å². The molecule has 3 heterocycles. The maximum atomic E-state index is 6.14. The lowest BCUT2D eigenvalue weighted by atomic mass is 10.1. The molecule has 1 aliphatic rings. The van der Waals surface area contributed by atoms with Crippen molar-refractivity contribution in [2.45, 2.75) is 26.8 Å². The van der Waals surface area contributed by atoms with E-state index in [2.05, 4.69) is 33.9 Å². The molecule has 2 aromatic rings. The van der Waals surface area contributed by atoms with E-state index in [0.29, 0.717) is 0 Å². The van der Waals surface area contributed by atoms with Gasteiger partial charge in [-0.25, -0.2) is 4.98 Å². The van der Waals surface area contributed by atoms with Gasteiger partial charge in [-0.1, -0.05) is 19.1 Å². The summed E-state index contributed by atoms with van der Waals surface area (Å²) in [5.74, 6) is 0. The van der Waals surface area contributed by atoms with Gasteiger partial charge in [0, 0.05) is 48.2 Å². The number of allylic oxidation sites excluding steroid dienone is 3. The van der Waals surface area contributed by atoms with Crippen molar-refractivity contribution in [2.24, 2.45) is 5.73 Å². The van der Waals surface area contributed by atoms with Crippen LogP contribution in [-0.2, 0) is 11.3 Å². The maximum absolute atomic E-state index is 6.14. The molecule has 0 spiro atoms. The van der Waals surface area contributed by atoms with E-state index < -0.39 is 0 Å². The molecule has 6 heteroatoms. The number of nitrogens with zero attached hydrogens (tertiary/aromatic N) is 3. The van der Waals surface area contributed by atoms with Gasteiger partial charge in [-0.15, -0.1) is 11.3 Å². The van der Waals surface area contributed by atoms with Crippen LogP contribution in [0, 0.1) is 0 Å². The number of aromatic nitrogens is 2. The molecule has 0 atom stereocenters. The van der Waals surface area contributed by atoms with E-state index in [1.54, 1.807) is 11.3 Å². The third kappa shape index (κ3) is 3.49. The second-order valence-electron chi connectivity index (χ2n) is 5.66. The monoisotopic (exact) mass is 332 g/mol. The molecule has 2 N–H and O–H groups in total. The van der Waals surface area contributed by atoms with E-state index in [1.165, 1.54) is 5.69 Å². The zero-order valence-corrected chi connectivity index (χ0v) is 14.6. The average molecular weight is 332 g/mol. The number of thiazole rings is 1. The molecule has 1 aliphatic heterocycles. The van der Waals surface area contributed by atoms with Gasteiger partial charge in [-0.2, -0.15) is 0 Å². The first-order chi connectivity index (χ1) is 11.2. The smallest absolute Gasteiger partial charge is 0.194 e. The van der Waals surface area contributed by atoms with E-state index in [0.717, 1.165) is 61.2 Å². The van der Waals surface area contributed by atoms with Crippen molar-refractivity contribution in [1.29, 1.82) is 0 Å². The van der Waals surface area contributed by atoms with E-state index in [-0.39, 0.29) is 0 Å². The van der Waals surface area contributed by atoms with Crippen molar-refractivity contribution in [1.82, 2.24) is 14.3 Å². The first-order valence-electron chi connectivity index (χ1n) is 8.11. The van der Waals surface area contributed by atoms with Gasteiger partial charge >= 0.3 is 0 Å². The molecule has 5 nitrogen and oxygen atoms in total. The summed E-state index contributed by atoms with van der Waals surface area (Å²) >= 11 is 1.68. The van der Waals surface area contributed by atoms with Gasteiger partial charge in [0.1, 0.15) is 0 Å². The Kier molecular flexibility index (Phi) is 5.15. The Morgan fingerprint density at radius 3 is 2.91 bits per heavy atom. The quantitative estimate of drug-likeness (QED) is 0.856. The summed E-state index contributed by atoms with van der Waals surface area (Å²) in [5.41, 5.74) is 10.2. The Hall–Kier alpha value is -1.63. The number of morpholine rings is 1. The highest BCUT2D eigenvalue weighted by Gasteiger charge is 2.16. The second kappa shape index (κ2) is 7.29. The van der Waals surface area contributed by atoms with E-state index >= 15 is 0 Å². The van der Waals surface area contributed by atoms with Crippen LogP contribution in [0.25, 0.3) is 10.5 Å². The third-order valence-corrected chi connectivity index (χ3v) is 4.97. The van der Waals surface area contributed by atoms with E-state index in [1.807, 2.05) is 13.0 Å². The number of ether oxygens (including phenoxy) is 1. The first kappa shape index (κ1) is 16.2. The molecule has 0 saturated carbocycles. The zero-order valence-electron chi connectivity index (χ0n) is 13.8. The minimum Gasteiger partial charge on any atom is -0.398 e. The van der Waals surface area contributed by atoms with Gasteiger partial charge in [0.25, 0.3) is 0 Å². The fraction of sp³-hybridized carbons (Fsp3) is 0.471. The van der Waals surface area contributed by atoms with Crippen LogP contribution in [0.15, 0.2) is 29.4 Å². The molecule has 3 rings (SSSR count). The Balaban J connectivity index is 1.88. The van der Waals surface area contributed by atoms with Crippen LogP contribution < -0.4 is 5.73 Å². The van der Waals surface area contributed by atoms with E-state index in [9.17, 15) is 0 Å². The van der Waals surface area contributed by atoms with Gasteiger partial charge in [-0.3, -0.25) is 9.30 Å². The van der Waals surface area contributed by atoms with Crippen LogP contribution in [0.2, 0.25) is 0 Å². The number of nitrogens with two attached hydrogens (primary N) is 1. The normalized spacial score (nSPS) is 18.0. The molecule has 0 bridgehead atoms. The molecule has 124 valence electrons. The summed E-state index contributed by atoms with van der Waals surface area (Å²) in [7, 11) is 0. The Bertz CT molecular complexity index is 722. The molecule has 2 aromatic heterocycles. The Morgan fingerprint density at radius 2 is 2.22 bits per heavy atom. The molecule has 23 heavy (non-hydrogen) atoms. The van der Waals surface area contributed by atoms with Crippen molar-refractivity contribution in [3.63, 3.8) is 0 Å². The van der Waals surface area contributed by atoms with Gasteiger partial charge in [0.15, 0.2) is 4.96 Å². The van der Waals surface area contributed by atoms with Crippen molar-refractivity contribution >= 4 is 21.9 Å². The summed E-state index contributed by atoms with van der Waals surface area (Å²) in [6, 6.07) is 0. The lowest BCUT2D eigenvalue weighted by molar-refractivity contribution is 0.0336. The number of hydrogen-bond donors (Lipinski definition) is 1. The summed E-state index contributed by atoms with van der Waals surface area (Å²) in [6.07, 6.45) is 7.13. The van der Waals surface area contributed by atoms with Crippen molar-refractivity contribution in [2.75, 3.05) is 26.3 Å². The van der Waals surface area contributed by atoms with Gasteiger partial charge in [0.05, 0.1) is 18.9 Å². The van der Waals surface area contributed by atoms with Crippen LogP contribution >= 0.6 is 11.3 Å². The summed E-state index contributed by atoms with van der Waals surface area (Å²) in [4.78, 5) is 8.21. The minimum atomic E-state index is 0.785. The molecule has 0 aliphatic carbocycles. The second-order valence-corrected chi connectivity index (χ2v) is 6.50. The predicted molar refractivity (Wildman–Crippen MR) is 95.4 cm³/mol. The maximum Gasteiger partial charge on any atom is 0.194 e. The van der Waals surface area contributed by atoms with Crippen LogP contribution in [-0.4, -0.2) is 40.6 Å². The van der Waals surface area contributed by atoms with Gasteiger partial charge in [-0.05, 0) is 13.3 Å². The summed E-state index contributed by atoms with van der Waals surface area (Å²) < 4.78 is 7.62. The molecular weight excluding hydrogens is 308 g/mol. The molecule has 0 unspecified atom stereocenters. The standard InChI is InChI=1S/C17H24N4OS/c1-3-5-14(15(18)4-2)16-11-21-13(12-23-17(21)19-16)10-20-6-8-22-9-7-20/h4-5,11-12H,3,6-10,18H2,1-2H3/b14-5+,15-4+. The Morgan fingerprint density at radius 1 is 1.43 bits per heavy atom. The highest BCUT2D eigenvalue weighted by Crippen LogP contribution is 2.25. The fourth-order valence-corrected chi connectivity index (χ4v) is 3.66. The van der Waals surface area contributed by atoms with Crippen LogP contribution in [0.3, 0.4) is 0 Å². The molecule has 1 saturated heterocycles. The predicted octanol–water partition coefficient (Wildman–Crippen LogP) is 2.88. The molecule has 1 fully saturated rings. The molecular formula is C17H24N4OS. The fourth-order valence-electron chi connectivity index (χ4n) is 2.79. The van der Waals surface area contributed by atoms with E-state index in [4.69, 9.17) is 15.5 Å². The van der Waals surface area contributed by atoms with Crippen LogP contribution in [0.1, 0.15) is 31.7 Å².